The quantitative estimate of drug-likeness (QED) is 0.734. The Labute approximate surface area is 156 Å². The molecule has 2 aromatic heterocycles. The van der Waals surface area contributed by atoms with Crippen molar-refractivity contribution in [2.24, 2.45) is 0 Å². The van der Waals surface area contributed by atoms with E-state index in [1.165, 1.54) is 11.1 Å². The molecule has 3 aromatic rings. The van der Waals surface area contributed by atoms with E-state index in [4.69, 9.17) is 4.52 Å². The van der Waals surface area contributed by atoms with Crippen molar-refractivity contribution in [2.45, 2.75) is 32.5 Å². The molecule has 0 bridgehead atoms. The summed E-state index contributed by atoms with van der Waals surface area (Å²) in [7, 11) is 0. The van der Waals surface area contributed by atoms with Gasteiger partial charge in [0.2, 0.25) is 23.4 Å². The molecule has 0 fully saturated rings. The third kappa shape index (κ3) is 3.85. The lowest BCUT2D eigenvalue weighted by molar-refractivity contribution is -0.126. The van der Waals surface area contributed by atoms with Gasteiger partial charge in [-0.05, 0) is 30.5 Å². The normalized spacial score (nSPS) is 15.1. The summed E-state index contributed by atoms with van der Waals surface area (Å²) in [6, 6.07) is 9.85. The number of aromatic nitrogens is 4. The first-order chi connectivity index (χ1) is 13.2. The minimum absolute atomic E-state index is 0.0647. The van der Waals surface area contributed by atoms with Crippen LogP contribution in [-0.4, -0.2) is 43.5 Å². The number of carbonyl (C=O) groups is 1. The molecule has 1 unspecified atom stereocenters. The van der Waals surface area contributed by atoms with Gasteiger partial charge in [0.1, 0.15) is 0 Å². The van der Waals surface area contributed by atoms with Gasteiger partial charge in [0.15, 0.2) is 0 Å². The molecule has 1 amide bonds. The highest BCUT2D eigenvalue weighted by Gasteiger charge is 2.25. The number of hydrogen-bond acceptors (Lipinski definition) is 7. The standard InChI is InChI=1S/C19H20N6O2/c1-13(25-10-7-14-5-2-3-6-15(14)12-25)19(26)22-11-16-23-18(24-27-16)17-20-8-4-9-21-17/h2-6,8-9,13H,7,10-12H2,1H3,(H,22,26). The summed E-state index contributed by atoms with van der Waals surface area (Å²) >= 11 is 0. The van der Waals surface area contributed by atoms with E-state index in [2.05, 4.69) is 48.5 Å². The Balaban J connectivity index is 1.34. The van der Waals surface area contributed by atoms with Crippen LogP contribution in [0.15, 0.2) is 47.2 Å². The third-order valence-electron chi connectivity index (χ3n) is 4.74. The number of carbonyl (C=O) groups excluding carboxylic acids is 1. The summed E-state index contributed by atoms with van der Waals surface area (Å²) in [5, 5.41) is 6.72. The van der Waals surface area contributed by atoms with Crippen molar-refractivity contribution in [2.75, 3.05) is 6.54 Å². The molecule has 4 rings (SSSR count). The van der Waals surface area contributed by atoms with Gasteiger partial charge in [-0.15, -0.1) is 0 Å². The van der Waals surface area contributed by atoms with Gasteiger partial charge in [-0.3, -0.25) is 9.69 Å². The lowest BCUT2D eigenvalue weighted by Gasteiger charge is -2.32. The molecular weight excluding hydrogens is 344 g/mol. The second kappa shape index (κ2) is 7.63. The van der Waals surface area contributed by atoms with Gasteiger partial charge in [0.05, 0.1) is 12.6 Å². The van der Waals surface area contributed by atoms with Crippen LogP contribution in [-0.2, 0) is 24.3 Å². The Hall–Kier alpha value is -3.13. The van der Waals surface area contributed by atoms with Crippen LogP contribution in [0.3, 0.4) is 0 Å². The highest BCUT2D eigenvalue weighted by Crippen LogP contribution is 2.20. The smallest absolute Gasteiger partial charge is 0.246 e. The Morgan fingerprint density at radius 3 is 2.78 bits per heavy atom. The van der Waals surface area contributed by atoms with E-state index >= 15 is 0 Å². The summed E-state index contributed by atoms with van der Waals surface area (Å²) in [4.78, 5) is 27.1. The number of fused-ring (bicyclic) bond motifs is 1. The van der Waals surface area contributed by atoms with E-state index in [-0.39, 0.29) is 18.5 Å². The first kappa shape index (κ1) is 17.3. The zero-order chi connectivity index (χ0) is 18.6. The number of hydrogen-bond donors (Lipinski definition) is 1. The molecule has 1 N–H and O–H groups in total. The fourth-order valence-electron chi connectivity index (χ4n) is 3.16. The van der Waals surface area contributed by atoms with Crippen LogP contribution < -0.4 is 5.32 Å². The first-order valence-corrected chi connectivity index (χ1v) is 8.89. The molecule has 1 aliphatic rings. The van der Waals surface area contributed by atoms with Gasteiger partial charge < -0.3 is 9.84 Å². The van der Waals surface area contributed by atoms with Crippen molar-refractivity contribution < 1.29 is 9.32 Å². The topological polar surface area (TPSA) is 97.0 Å². The molecule has 1 aromatic carbocycles. The number of nitrogens with zero attached hydrogens (tertiary/aromatic N) is 5. The van der Waals surface area contributed by atoms with Crippen molar-refractivity contribution in [3.8, 4) is 11.6 Å². The summed E-state index contributed by atoms with van der Waals surface area (Å²) in [5.74, 6) is 0.951. The van der Waals surface area contributed by atoms with E-state index in [1.54, 1.807) is 18.5 Å². The second-order valence-corrected chi connectivity index (χ2v) is 6.47. The summed E-state index contributed by atoms with van der Waals surface area (Å²) in [6.45, 7) is 3.73. The molecule has 8 heteroatoms. The zero-order valence-corrected chi connectivity index (χ0v) is 15.0. The number of amides is 1. The van der Waals surface area contributed by atoms with Crippen molar-refractivity contribution in [1.82, 2.24) is 30.3 Å². The predicted octanol–water partition coefficient (Wildman–Crippen LogP) is 1.59. The van der Waals surface area contributed by atoms with Crippen LogP contribution in [0, 0.1) is 0 Å². The Bertz CT molecular complexity index is 927. The molecule has 0 radical (unpaired) electrons. The van der Waals surface area contributed by atoms with Crippen molar-refractivity contribution in [1.29, 1.82) is 0 Å². The summed E-state index contributed by atoms with van der Waals surface area (Å²) < 4.78 is 5.17. The molecule has 0 aliphatic carbocycles. The summed E-state index contributed by atoms with van der Waals surface area (Å²) in [6.07, 6.45) is 4.18. The average Bonchev–Trinajstić information content (AvgIpc) is 3.21. The minimum Gasteiger partial charge on any atom is -0.346 e. The van der Waals surface area contributed by atoms with Crippen LogP contribution >= 0.6 is 0 Å². The molecule has 1 atom stereocenters. The Kier molecular flexibility index (Phi) is 4.88. The molecular formula is C19H20N6O2. The van der Waals surface area contributed by atoms with E-state index in [0.29, 0.717) is 17.5 Å². The third-order valence-corrected chi connectivity index (χ3v) is 4.74. The van der Waals surface area contributed by atoms with Gasteiger partial charge in [-0.1, -0.05) is 29.4 Å². The molecule has 1 aliphatic heterocycles. The Morgan fingerprint density at radius 2 is 1.96 bits per heavy atom. The lowest BCUT2D eigenvalue weighted by Crippen LogP contribution is -2.46. The Morgan fingerprint density at radius 1 is 1.19 bits per heavy atom. The molecule has 0 spiro atoms. The zero-order valence-electron chi connectivity index (χ0n) is 15.0. The molecule has 27 heavy (non-hydrogen) atoms. The molecule has 8 nitrogen and oxygen atoms in total. The monoisotopic (exact) mass is 364 g/mol. The van der Waals surface area contributed by atoms with Crippen LogP contribution in [0.25, 0.3) is 11.6 Å². The highest BCUT2D eigenvalue weighted by molar-refractivity contribution is 5.81. The maximum absolute atomic E-state index is 12.5. The maximum atomic E-state index is 12.5. The van der Waals surface area contributed by atoms with E-state index in [9.17, 15) is 4.79 Å². The number of rotatable bonds is 5. The molecule has 3 heterocycles. The minimum atomic E-state index is -0.238. The van der Waals surface area contributed by atoms with Gasteiger partial charge in [-0.25, -0.2) is 9.97 Å². The van der Waals surface area contributed by atoms with Crippen LogP contribution in [0.1, 0.15) is 23.9 Å². The SMILES string of the molecule is CC(C(=O)NCc1nc(-c2ncccn2)no1)N1CCc2ccccc2C1. The van der Waals surface area contributed by atoms with Crippen molar-refractivity contribution >= 4 is 5.91 Å². The number of benzene rings is 1. The molecule has 0 saturated carbocycles. The molecule has 0 saturated heterocycles. The highest BCUT2D eigenvalue weighted by atomic mass is 16.5. The fraction of sp³-hybridized carbons (Fsp3) is 0.316. The van der Waals surface area contributed by atoms with Gasteiger partial charge >= 0.3 is 0 Å². The summed E-state index contributed by atoms with van der Waals surface area (Å²) in [5.41, 5.74) is 2.65. The van der Waals surface area contributed by atoms with Gasteiger partial charge in [-0.2, -0.15) is 4.98 Å². The van der Waals surface area contributed by atoms with Gasteiger partial charge in [0.25, 0.3) is 0 Å². The van der Waals surface area contributed by atoms with E-state index in [1.807, 2.05) is 13.0 Å². The van der Waals surface area contributed by atoms with Crippen molar-refractivity contribution in [3.63, 3.8) is 0 Å². The van der Waals surface area contributed by atoms with E-state index < -0.39 is 0 Å². The predicted molar refractivity (Wildman–Crippen MR) is 97.2 cm³/mol. The second-order valence-electron chi connectivity index (χ2n) is 6.47. The van der Waals surface area contributed by atoms with Crippen molar-refractivity contribution in [3.05, 3.63) is 59.7 Å². The lowest BCUT2D eigenvalue weighted by atomic mass is 9.99. The molecule has 138 valence electrons. The maximum Gasteiger partial charge on any atom is 0.246 e. The largest absolute Gasteiger partial charge is 0.346 e. The number of nitrogens with one attached hydrogen (secondary N) is 1. The average molecular weight is 364 g/mol. The van der Waals surface area contributed by atoms with Crippen LogP contribution in [0.4, 0.5) is 0 Å². The van der Waals surface area contributed by atoms with Gasteiger partial charge in [0, 0.05) is 25.5 Å². The first-order valence-electron chi connectivity index (χ1n) is 8.89. The van der Waals surface area contributed by atoms with Crippen LogP contribution in [0.5, 0.6) is 0 Å². The van der Waals surface area contributed by atoms with E-state index in [0.717, 1.165) is 19.5 Å². The van der Waals surface area contributed by atoms with Crippen LogP contribution in [0.2, 0.25) is 0 Å². The fourth-order valence-corrected chi connectivity index (χ4v) is 3.16.